The van der Waals surface area contributed by atoms with Gasteiger partial charge in [-0.2, -0.15) is 10.1 Å². The highest BCUT2D eigenvalue weighted by atomic mass is 35.5. The average Bonchev–Trinajstić information content (AvgIpc) is 2.86. The minimum atomic E-state index is -0.207. The minimum Gasteiger partial charge on any atom is -0.497 e. The zero-order valence-electron chi connectivity index (χ0n) is 13.1. The van der Waals surface area contributed by atoms with Crippen LogP contribution in [-0.2, 0) is 4.79 Å². The van der Waals surface area contributed by atoms with E-state index in [9.17, 15) is 4.79 Å². The van der Waals surface area contributed by atoms with Crippen molar-refractivity contribution in [3.63, 3.8) is 0 Å². The minimum absolute atomic E-state index is 0.207. The van der Waals surface area contributed by atoms with Gasteiger partial charge in [-0.15, -0.1) is 0 Å². The fourth-order valence-electron chi connectivity index (χ4n) is 2.34. The summed E-state index contributed by atoms with van der Waals surface area (Å²) < 4.78 is 5.13. The lowest BCUT2D eigenvalue weighted by atomic mass is 10.1. The molecule has 0 unspecified atom stereocenters. The van der Waals surface area contributed by atoms with Gasteiger partial charge in [0, 0.05) is 0 Å². The van der Waals surface area contributed by atoms with Gasteiger partial charge in [0.2, 0.25) is 0 Å². The number of carbonyl (C=O) groups excluding carboxylic acids is 1. The molecule has 1 amide bonds. The summed E-state index contributed by atoms with van der Waals surface area (Å²) >= 11 is 11.9. The molecule has 24 heavy (non-hydrogen) atoms. The highest BCUT2D eigenvalue weighted by molar-refractivity contribution is 6.42. The van der Waals surface area contributed by atoms with E-state index in [0.29, 0.717) is 27.0 Å². The van der Waals surface area contributed by atoms with Crippen LogP contribution in [0.1, 0.15) is 12.5 Å². The van der Waals surface area contributed by atoms with Crippen molar-refractivity contribution in [2.45, 2.75) is 6.92 Å². The van der Waals surface area contributed by atoms with Gasteiger partial charge in [-0.25, -0.2) is 0 Å². The zero-order valence-corrected chi connectivity index (χ0v) is 14.6. The van der Waals surface area contributed by atoms with E-state index in [0.717, 1.165) is 11.3 Å². The molecular formula is C18H14Cl2N2O2. The normalized spacial score (nSPS) is 15.8. The van der Waals surface area contributed by atoms with Crippen molar-refractivity contribution < 1.29 is 9.53 Å². The summed E-state index contributed by atoms with van der Waals surface area (Å²) in [7, 11) is 1.61. The lowest BCUT2D eigenvalue weighted by Gasteiger charge is -2.12. The van der Waals surface area contributed by atoms with Gasteiger partial charge in [0.25, 0.3) is 5.91 Å². The molecule has 0 saturated carbocycles. The molecule has 2 aromatic carbocycles. The maximum absolute atomic E-state index is 12.7. The number of benzene rings is 2. The van der Waals surface area contributed by atoms with Gasteiger partial charge in [-0.05, 0) is 48.9 Å². The fourth-order valence-corrected chi connectivity index (χ4v) is 2.64. The van der Waals surface area contributed by atoms with Gasteiger partial charge in [0.1, 0.15) is 5.75 Å². The Bertz CT molecular complexity index is 858. The van der Waals surface area contributed by atoms with Gasteiger partial charge in [0.05, 0.1) is 34.1 Å². The Labute approximate surface area is 149 Å². The number of hydrazone groups is 1. The smallest absolute Gasteiger partial charge is 0.280 e. The number of rotatable bonds is 3. The summed E-state index contributed by atoms with van der Waals surface area (Å²) in [5, 5.41) is 6.46. The summed E-state index contributed by atoms with van der Waals surface area (Å²) in [6, 6.07) is 12.4. The third-order valence-corrected chi connectivity index (χ3v) is 4.38. The molecule has 4 nitrogen and oxygen atoms in total. The summed E-state index contributed by atoms with van der Waals surface area (Å²) in [6.07, 6.45) is 1.80. The number of ether oxygens (including phenoxy) is 1. The monoisotopic (exact) mass is 360 g/mol. The van der Waals surface area contributed by atoms with Crippen LogP contribution in [0.3, 0.4) is 0 Å². The first-order valence-electron chi connectivity index (χ1n) is 7.20. The Morgan fingerprint density at radius 3 is 2.42 bits per heavy atom. The molecule has 1 heterocycles. The van der Waals surface area contributed by atoms with Gasteiger partial charge < -0.3 is 4.74 Å². The predicted octanol–water partition coefficient (Wildman–Crippen LogP) is 4.81. The van der Waals surface area contributed by atoms with E-state index in [-0.39, 0.29) is 5.91 Å². The molecule has 0 saturated heterocycles. The van der Waals surface area contributed by atoms with Gasteiger partial charge in [0.15, 0.2) is 0 Å². The molecule has 1 aliphatic heterocycles. The predicted molar refractivity (Wildman–Crippen MR) is 98.0 cm³/mol. The summed E-state index contributed by atoms with van der Waals surface area (Å²) in [5.74, 6) is 0.555. The SMILES string of the molecule is COc1ccc(/C=C2\C(=O)N(c3ccc(Cl)c(Cl)c3)N=C2C)cc1. The quantitative estimate of drug-likeness (QED) is 0.737. The first kappa shape index (κ1) is 16.6. The molecule has 0 aliphatic carbocycles. The van der Waals surface area contributed by atoms with Crippen LogP contribution in [0.5, 0.6) is 5.75 Å². The van der Waals surface area contributed by atoms with Crippen LogP contribution in [-0.4, -0.2) is 18.7 Å². The number of amides is 1. The highest BCUT2D eigenvalue weighted by Crippen LogP contribution is 2.30. The lowest BCUT2D eigenvalue weighted by molar-refractivity contribution is -0.114. The maximum atomic E-state index is 12.7. The number of hydrogen-bond acceptors (Lipinski definition) is 3. The number of anilines is 1. The number of methoxy groups -OCH3 is 1. The van der Waals surface area contributed by atoms with Crippen LogP contribution in [0.25, 0.3) is 6.08 Å². The van der Waals surface area contributed by atoms with E-state index in [4.69, 9.17) is 27.9 Å². The molecule has 2 aromatic rings. The topological polar surface area (TPSA) is 41.9 Å². The highest BCUT2D eigenvalue weighted by Gasteiger charge is 2.28. The second kappa shape index (κ2) is 6.67. The largest absolute Gasteiger partial charge is 0.497 e. The van der Waals surface area contributed by atoms with E-state index >= 15 is 0 Å². The zero-order chi connectivity index (χ0) is 17.3. The van der Waals surface area contributed by atoms with Crippen LogP contribution in [0.15, 0.2) is 53.1 Å². The second-order valence-corrected chi connectivity index (χ2v) is 6.05. The number of hydrogen-bond donors (Lipinski definition) is 0. The summed E-state index contributed by atoms with van der Waals surface area (Å²) in [6.45, 7) is 1.80. The first-order valence-corrected chi connectivity index (χ1v) is 7.96. The number of halogens is 2. The molecule has 0 radical (unpaired) electrons. The van der Waals surface area contributed by atoms with Crippen molar-refractivity contribution in [1.82, 2.24) is 0 Å². The molecule has 6 heteroatoms. The van der Waals surface area contributed by atoms with Crippen molar-refractivity contribution in [2.24, 2.45) is 5.10 Å². The van der Waals surface area contributed by atoms with Gasteiger partial charge in [-0.1, -0.05) is 35.3 Å². The fraction of sp³-hybridized carbons (Fsp3) is 0.111. The van der Waals surface area contributed by atoms with E-state index in [1.165, 1.54) is 5.01 Å². The lowest BCUT2D eigenvalue weighted by Crippen LogP contribution is -2.21. The standard InChI is InChI=1S/C18H14Cl2N2O2/c1-11-15(9-12-3-6-14(24-2)7-4-12)18(23)22(21-11)13-5-8-16(19)17(20)10-13/h3-10H,1-2H3/b15-9-. The molecule has 1 aliphatic rings. The van der Waals surface area contributed by atoms with Crippen LogP contribution in [0.4, 0.5) is 5.69 Å². The maximum Gasteiger partial charge on any atom is 0.280 e. The molecular weight excluding hydrogens is 347 g/mol. The molecule has 0 N–H and O–H groups in total. The third-order valence-electron chi connectivity index (χ3n) is 3.64. The van der Waals surface area contributed by atoms with Crippen molar-refractivity contribution in [3.05, 3.63) is 63.6 Å². The number of carbonyl (C=O) groups is 1. The summed E-state index contributed by atoms with van der Waals surface area (Å²) in [5.41, 5.74) is 2.64. The Balaban J connectivity index is 1.91. The second-order valence-electron chi connectivity index (χ2n) is 5.23. The molecule has 0 aromatic heterocycles. The van der Waals surface area contributed by atoms with Crippen LogP contribution in [0, 0.1) is 0 Å². The molecule has 0 bridgehead atoms. The van der Waals surface area contributed by atoms with Crippen molar-refractivity contribution in [1.29, 1.82) is 0 Å². The third kappa shape index (κ3) is 3.16. The number of nitrogens with zero attached hydrogens (tertiary/aromatic N) is 2. The Kier molecular flexibility index (Phi) is 4.60. The first-order chi connectivity index (χ1) is 11.5. The van der Waals surface area contributed by atoms with Gasteiger partial charge >= 0.3 is 0 Å². The van der Waals surface area contributed by atoms with E-state index in [2.05, 4.69) is 5.10 Å². The van der Waals surface area contributed by atoms with Crippen LogP contribution >= 0.6 is 23.2 Å². The van der Waals surface area contributed by atoms with Crippen molar-refractivity contribution in [3.8, 4) is 5.75 Å². The van der Waals surface area contributed by atoms with E-state index in [1.54, 1.807) is 38.3 Å². The Morgan fingerprint density at radius 1 is 1.08 bits per heavy atom. The average molecular weight is 361 g/mol. The molecule has 0 atom stereocenters. The van der Waals surface area contributed by atoms with Crippen molar-refractivity contribution >= 4 is 46.6 Å². The van der Waals surface area contributed by atoms with Crippen molar-refractivity contribution in [2.75, 3.05) is 12.1 Å². The van der Waals surface area contributed by atoms with Crippen LogP contribution in [0.2, 0.25) is 10.0 Å². The van der Waals surface area contributed by atoms with Crippen LogP contribution < -0.4 is 9.75 Å². The molecule has 122 valence electrons. The van der Waals surface area contributed by atoms with E-state index in [1.807, 2.05) is 24.3 Å². The summed E-state index contributed by atoms with van der Waals surface area (Å²) in [4.78, 5) is 12.7. The Morgan fingerprint density at radius 2 is 1.79 bits per heavy atom. The Hall–Kier alpha value is -2.30. The van der Waals surface area contributed by atoms with Gasteiger partial charge in [-0.3, -0.25) is 4.79 Å². The molecule has 0 fully saturated rings. The molecule has 0 spiro atoms. The van der Waals surface area contributed by atoms with E-state index < -0.39 is 0 Å². The molecule has 3 rings (SSSR count).